The number of benzene rings is 1. The predicted molar refractivity (Wildman–Crippen MR) is 59.9 cm³/mol. The number of hydrogen-bond acceptors (Lipinski definition) is 1. The van der Waals surface area contributed by atoms with Gasteiger partial charge in [0.25, 0.3) is 0 Å². The van der Waals surface area contributed by atoms with Gasteiger partial charge >= 0.3 is 58.4 Å². The Morgan fingerprint density at radius 1 is 1.41 bits per heavy atom. The van der Waals surface area contributed by atoms with Gasteiger partial charge in [-0.25, -0.2) is 0 Å². The van der Waals surface area contributed by atoms with Crippen LogP contribution in [0.1, 0.15) is 5.56 Å². The molecule has 0 spiro atoms. The Kier molecular flexibility index (Phi) is 7.44. The van der Waals surface area contributed by atoms with Crippen LogP contribution >= 0.6 is 11.6 Å². The smallest absolute Gasteiger partial charge is 0.492 e. The van der Waals surface area contributed by atoms with Crippen LogP contribution in [0.15, 0.2) is 30.3 Å². The normalized spacial score (nSPS) is 10.6. The zero-order valence-corrected chi connectivity index (χ0v) is 13.5. The Bertz CT molecular complexity index is 409. The molecule has 17 heavy (non-hydrogen) atoms. The second-order valence-corrected chi connectivity index (χ2v) is 3.87. The van der Waals surface area contributed by atoms with E-state index < -0.39 is 19.1 Å². The average Bonchev–Trinajstić information content (AvgIpc) is 2.17. The Balaban J connectivity index is 0.00000256. The summed E-state index contributed by atoms with van der Waals surface area (Å²) in [6.45, 7) is -0.940. The minimum absolute atomic E-state index is 0. The largest absolute Gasteiger partial charge is 1.00 e. The fourth-order valence-electron chi connectivity index (χ4n) is 0.994. The van der Waals surface area contributed by atoms with Crippen molar-refractivity contribution in [1.29, 1.82) is 0 Å². The molecule has 1 aromatic carbocycles. The summed E-state index contributed by atoms with van der Waals surface area (Å²) in [5.41, 5.74) is -0.133. The van der Waals surface area contributed by atoms with Crippen LogP contribution in [0.25, 0.3) is 0 Å². The molecule has 0 aliphatic heterocycles. The van der Waals surface area contributed by atoms with Crippen molar-refractivity contribution >= 4 is 18.6 Å². The fraction of sp³-hybridized carbons (Fsp3) is 0.200. The van der Waals surface area contributed by atoms with E-state index in [2.05, 4.69) is 6.58 Å². The van der Waals surface area contributed by atoms with Crippen LogP contribution in [0.3, 0.4) is 0 Å². The second kappa shape index (κ2) is 7.21. The van der Waals surface area contributed by atoms with Crippen LogP contribution in [0.5, 0.6) is 5.75 Å². The molecule has 0 atom stereocenters. The molecule has 0 saturated heterocycles. The summed E-state index contributed by atoms with van der Waals surface area (Å²) >= 11 is 5.70. The monoisotopic (exact) mass is 288 g/mol. The topological polar surface area (TPSA) is 9.23 Å². The molecule has 0 aliphatic rings. The summed E-state index contributed by atoms with van der Waals surface area (Å²) in [6.07, 6.45) is 0. The van der Waals surface area contributed by atoms with Gasteiger partial charge in [0, 0.05) is 5.02 Å². The van der Waals surface area contributed by atoms with E-state index in [0.29, 0.717) is 10.8 Å². The quantitative estimate of drug-likeness (QED) is 0.751. The molecule has 1 rings (SSSR count). The van der Waals surface area contributed by atoms with Crippen molar-refractivity contribution in [2.45, 2.75) is 6.92 Å². The molecule has 0 heterocycles. The number of rotatable bonds is 4. The molecule has 0 amide bonds. The third kappa shape index (κ3) is 5.81. The maximum Gasteiger partial charge on any atom is 1.00 e. The molecular formula is C10H10BClF3KO. The average molecular weight is 289 g/mol. The number of halogens is 4. The van der Waals surface area contributed by atoms with Gasteiger partial charge in [-0.15, -0.1) is 12.1 Å². The van der Waals surface area contributed by atoms with Crippen molar-refractivity contribution in [3.05, 3.63) is 40.8 Å². The van der Waals surface area contributed by atoms with E-state index in [1.807, 2.05) is 0 Å². The summed E-state index contributed by atoms with van der Waals surface area (Å²) < 4.78 is 41.6. The molecule has 0 saturated carbocycles. The van der Waals surface area contributed by atoms with Crippen molar-refractivity contribution < 1.29 is 69.1 Å². The van der Waals surface area contributed by atoms with Gasteiger partial charge in [0.2, 0.25) is 0 Å². The Hall–Kier alpha value is 0.541. The molecule has 0 unspecified atom stereocenters. The number of hydrogen-bond donors (Lipinski definition) is 0. The van der Waals surface area contributed by atoms with E-state index in [0.717, 1.165) is 5.56 Å². The van der Waals surface area contributed by atoms with Crippen molar-refractivity contribution in [2.24, 2.45) is 0 Å². The first-order valence-electron chi connectivity index (χ1n) is 4.57. The van der Waals surface area contributed by atoms with Crippen LogP contribution in [0, 0.1) is 6.92 Å². The Morgan fingerprint density at radius 2 is 2.00 bits per heavy atom. The molecule has 0 aliphatic carbocycles. The zero-order valence-electron chi connectivity index (χ0n) is 9.64. The molecule has 0 fully saturated rings. The van der Waals surface area contributed by atoms with E-state index in [-0.39, 0.29) is 51.4 Å². The predicted octanol–water partition coefficient (Wildman–Crippen LogP) is 0.974. The SMILES string of the molecule is C=C(COc1cc(Cl)ccc1C)[B-](F)(F)F.[K+]. The summed E-state index contributed by atoms with van der Waals surface area (Å²) in [7, 11) is 0. The van der Waals surface area contributed by atoms with Gasteiger partial charge in [-0.3, -0.25) is 0 Å². The molecular weight excluding hydrogens is 278 g/mol. The van der Waals surface area contributed by atoms with Gasteiger partial charge in [-0.05, 0) is 24.6 Å². The van der Waals surface area contributed by atoms with Crippen molar-refractivity contribution in [3.63, 3.8) is 0 Å². The molecule has 0 radical (unpaired) electrons. The van der Waals surface area contributed by atoms with Crippen molar-refractivity contribution in [3.8, 4) is 5.75 Å². The van der Waals surface area contributed by atoms with E-state index in [4.69, 9.17) is 16.3 Å². The number of aryl methyl sites for hydroxylation is 1. The minimum atomic E-state index is -5.04. The number of ether oxygens (including phenoxy) is 1. The molecule has 0 aromatic heterocycles. The maximum atomic E-state index is 12.2. The molecule has 7 heteroatoms. The first kappa shape index (κ1) is 17.5. The zero-order chi connectivity index (χ0) is 12.3. The van der Waals surface area contributed by atoms with E-state index in [1.165, 1.54) is 6.07 Å². The molecule has 88 valence electrons. The van der Waals surface area contributed by atoms with Crippen LogP contribution in [0.4, 0.5) is 12.9 Å². The third-order valence-electron chi connectivity index (χ3n) is 2.03. The molecule has 1 aromatic rings. The van der Waals surface area contributed by atoms with Crippen LogP contribution in [-0.2, 0) is 0 Å². The Labute approximate surface area is 146 Å². The van der Waals surface area contributed by atoms with Crippen molar-refractivity contribution in [1.82, 2.24) is 0 Å². The summed E-state index contributed by atoms with van der Waals surface area (Å²) in [5, 5.41) is 0.420. The third-order valence-corrected chi connectivity index (χ3v) is 2.26. The summed E-state index contributed by atoms with van der Waals surface area (Å²) in [6, 6.07) is 4.80. The maximum absolute atomic E-state index is 12.2. The van der Waals surface area contributed by atoms with E-state index >= 15 is 0 Å². The first-order chi connectivity index (χ1) is 7.30. The molecule has 0 N–H and O–H groups in total. The van der Waals surface area contributed by atoms with Gasteiger partial charge in [-0.2, -0.15) is 0 Å². The first-order valence-corrected chi connectivity index (χ1v) is 4.95. The molecule has 1 nitrogen and oxygen atoms in total. The van der Waals surface area contributed by atoms with Gasteiger partial charge in [0.05, 0.1) is 6.61 Å². The van der Waals surface area contributed by atoms with Crippen LogP contribution in [0.2, 0.25) is 5.02 Å². The summed E-state index contributed by atoms with van der Waals surface area (Å²) in [4.78, 5) is 0. The van der Waals surface area contributed by atoms with Gasteiger partial charge in [-0.1, -0.05) is 17.7 Å². The van der Waals surface area contributed by atoms with E-state index in [9.17, 15) is 12.9 Å². The van der Waals surface area contributed by atoms with Gasteiger partial charge < -0.3 is 17.7 Å². The second-order valence-electron chi connectivity index (χ2n) is 3.43. The van der Waals surface area contributed by atoms with Crippen molar-refractivity contribution in [2.75, 3.05) is 6.61 Å². The van der Waals surface area contributed by atoms with Crippen LogP contribution < -0.4 is 56.1 Å². The van der Waals surface area contributed by atoms with Crippen LogP contribution in [-0.4, -0.2) is 13.6 Å². The minimum Gasteiger partial charge on any atom is -0.492 e. The standard InChI is InChI=1S/C10H10BClF3O.K/c1-7-3-4-9(12)5-10(7)16-6-8(2)11(13,14)15;/h3-5H,2,6H2,1H3;/q-1;+1. The van der Waals surface area contributed by atoms with Gasteiger partial charge in [0.1, 0.15) is 5.75 Å². The Morgan fingerprint density at radius 3 is 2.53 bits per heavy atom. The summed E-state index contributed by atoms with van der Waals surface area (Å²) in [5.74, 6) is 0.341. The van der Waals surface area contributed by atoms with E-state index in [1.54, 1.807) is 19.1 Å². The fourth-order valence-corrected chi connectivity index (χ4v) is 1.16. The molecule has 0 bridgehead atoms. The van der Waals surface area contributed by atoms with Gasteiger partial charge in [0.15, 0.2) is 0 Å².